The molecule has 17 heavy (non-hydrogen) atoms. The van der Waals surface area contributed by atoms with Crippen LogP contribution < -0.4 is 0 Å². The fourth-order valence-electron chi connectivity index (χ4n) is 1.73. The lowest BCUT2D eigenvalue weighted by molar-refractivity contribution is 0.427. The van der Waals surface area contributed by atoms with Gasteiger partial charge in [0.2, 0.25) is 10.0 Å². The number of alkyl halides is 1. The average Bonchev–Trinajstić information content (AvgIpc) is 2.59. The topological polar surface area (TPSA) is 66.1 Å². The fraction of sp³-hybridized carbons (Fsp3) is 0.700. The van der Waals surface area contributed by atoms with E-state index in [9.17, 15) is 8.42 Å². The number of halogens is 1. The van der Waals surface area contributed by atoms with Crippen molar-refractivity contribution < 1.29 is 8.42 Å². The summed E-state index contributed by atoms with van der Waals surface area (Å²) in [5.41, 5.74) is 1.08. The number of nitrogens with one attached hydrogen (secondary N) is 1. The molecule has 7 heteroatoms. The van der Waals surface area contributed by atoms with Gasteiger partial charge in [-0.25, -0.2) is 8.42 Å². The number of aryl methyl sites for hydroxylation is 2. The Morgan fingerprint density at radius 3 is 2.47 bits per heavy atom. The van der Waals surface area contributed by atoms with Crippen molar-refractivity contribution >= 4 is 21.6 Å². The van der Waals surface area contributed by atoms with Gasteiger partial charge in [0.15, 0.2) is 0 Å². The number of sulfonamides is 1. The Labute approximate surface area is 107 Å². The number of rotatable bonds is 6. The SMILES string of the molecule is CCN(CCCCl)S(=O)(=O)c1c(C)n[nH]c1C. The van der Waals surface area contributed by atoms with Crippen LogP contribution in [0.5, 0.6) is 0 Å². The maximum Gasteiger partial charge on any atom is 0.246 e. The molecule has 0 saturated heterocycles. The Kier molecular flexibility index (Phi) is 4.97. The number of aromatic nitrogens is 2. The molecule has 0 radical (unpaired) electrons. The minimum Gasteiger partial charge on any atom is -0.281 e. The van der Waals surface area contributed by atoms with E-state index in [4.69, 9.17) is 11.6 Å². The van der Waals surface area contributed by atoms with Crippen LogP contribution in [0.1, 0.15) is 24.7 Å². The van der Waals surface area contributed by atoms with E-state index in [0.717, 1.165) is 0 Å². The van der Waals surface area contributed by atoms with Gasteiger partial charge < -0.3 is 0 Å². The van der Waals surface area contributed by atoms with Gasteiger partial charge in [-0.05, 0) is 20.3 Å². The average molecular weight is 280 g/mol. The Bertz CT molecular complexity index is 450. The van der Waals surface area contributed by atoms with Gasteiger partial charge in [-0.3, -0.25) is 5.10 Å². The molecule has 0 bridgehead atoms. The molecule has 0 amide bonds. The second kappa shape index (κ2) is 5.84. The Morgan fingerprint density at radius 1 is 1.41 bits per heavy atom. The van der Waals surface area contributed by atoms with Crippen molar-refractivity contribution in [1.82, 2.24) is 14.5 Å². The van der Waals surface area contributed by atoms with Crippen LogP contribution in [0.4, 0.5) is 0 Å². The molecule has 5 nitrogen and oxygen atoms in total. The number of hydrogen-bond acceptors (Lipinski definition) is 3. The third-order valence-electron chi connectivity index (χ3n) is 2.55. The van der Waals surface area contributed by atoms with Crippen molar-refractivity contribution in [1.29, 1.82) is 0 Å². The van der Waals surface area contributed by atoms with E-state index in [0.29, 0.717) is 36.8 Å². The van der Waals surface area contributed by atoms with Crippen LogP contribution in [0.25, 0.3) is 0 Å². The Morgan fingerprint density at radius 2 is 2.06 bits per heavy atom. The molecule has 0 spiro atoms. The highest BCUT2D eigenvalue weighted by Crippen LogP contribution is 2.21. The second-order valence-corrected chi connectivity index (χ2v) is 6.06. The van der Waals surface area contributed by atoms with E-state index in [1.807, 2.05) is 6.92 Å². The molecule has 0 unspecified atom stereocenters. The van der Waals surface area contributed by atoms with Gasteiger partial charge in [0.25, 0.3) is 0 Å². The van der Waals surface area contributed by atoms with E-state index >= 15 is 0 Å². The van der Waals surface area contributed by atoms with Crippen molar-refractivity contribution in [3.05, 3.63) is 11.4 Å². The minimum absolute atomic E-state index is 0.286. The Balaban J connectivity index is 3.09. The predicted octanol–water partition coefficient (Wildman–Crippen LogP) is 1.67. The van der Waals surface area contributed by atoms with E-state index in [1.165, 1.54) is 4.31 Å². The summed E-state index contributed by atoms with van der Waals surface area (Å²) in [4.78, 5) is 0.286. The van der Waals surface area contributed by atoms with E-state index < -0.39 is 10.0 Å². The monoisotopic (exact) mass is 279 g/mol. The van der Waals surface area contributed by atoms with Gasteiger partial charge in [0.05, 0.1) is 11.4 Å². The van der Waals surface area contributed by atoms with Crippen LogP contribution >= 0.6 is 11.6 Å². The summed E-state index contributed by atoms with van der Waals surface area (Å²) in [6, 6.07) is 0. The van der Waals surface area contributed by atoms with Gasteiger partial charge in [-0.2, -0.15) is 9.40 Å². The van der Waals surface area contributed by atoms with Crippen LogP contribution in [0.15, 0.2) is 4.90 Å². The van der Waals surface area contributed by atoms with Gasteiger partial charge >= 0.3 is 0 Å². The first-order valence-electron chi connectivity index (χ1n) is 5.52. The molecule has 1 heterocycles. The molecule has 1 aromatic rings. The van der Waals surface area contributed by atoms with Crippen molar-refractivity contribution in [2.24, 2.45) is 0 Å². The number of aromatic amines is 1. The first kappa shape index (κ1) is 14.5. The minimum atomic E-state index is -3.46. The molecule has 0 saturated carbocycles. The van der Waals surface area contributed by atoms with Gasteiger partial charge in [0.1, 0.15) is 4.90 Å². The van der Waals surface area contributed by atoms with E-state index in [-0.39, 0.29) is 4.90 Å². The highest BCUT2D eigenvalue weighted by atomic mass is 35.5. The zero-order chi connectivity index (χ0) is 13.1. The Hall–Kier alpha value is -0.590. The third-order valence-corrected chi connectivity index (χ3v) is 5.06. The lowest BCUT2D eigenvalue weighted by Crippen LogP contribution is -2.32. The largest absolute Gasteiger partial charge is 0.281 e. The predicted molar refractivity (Wildman–Crippen MR) is 67.8 cm³/mol. The molecule has 1 N–H and O–H groups in total. The normalized spacial score (nSPS) is 12.3. The maximum atomic E-state index is 12.4. The lowest BCUT2D eigenvalue weighted by Gasteiger charge is -2.20. The molecular formula is C10H18ClN3O2S. The molecule has 98 valence electrons. The summed E-state index contributed by atoms with van der Waals surface area (Å²) < 4.78 is 26.2. The van der Waals surface area contributed by atoms with Crippen molar-refractivity contribution in [3.8, 4) is 0 Å². The van der Waals surface area contributed by atoms with Crippen molar-refractivity contribution in [2.45, 2.75) is 32.1 Å². The molecule has 0 aliphatic rings. The summed E-state index contributed by atoms with van der Waals surface area (Å²) in [6.07, 6.45) is 0.643. The summed E-state index contributed by atoms with van der Waals surface area (Å²) in [5, 5.41) is 6.62. The van der Waals surface area contributed by atoms with Gasteiger partial charge in [-0.15, -0.1) is 11.6 Å². The quantitative estimate of drug-likeness (QED) is 0.806. The third kappa shape index (κ3) is 3.00. The molecule has 0 aliphatic heterocycles. The van der Waals surface area contributed by atoms with E-state index in [2.05, 4.69) is 10.2 Å². The molecular weight excluding hydrogens is 262 g/mol. The first-order chi connectivity index (χ1) is 7.95. The van der Waals surface area contributed by atoms with Crippen molar-refractivity contribution in [3.63, 3.8) is 0 Å². The molecule has 0 atom stereocenters. The molecule has 0 fully saturated rings. The number of nitrogens with zero attached hydrogens (tertiary/aromatic N) is 2. The molecule has 0 aromatic carbocycles. The molecule has 1 rings (SSSR count). The van der Waals surface area contributed by atoms with Crippen LogP contribution in [-0.4, -0.2) is 41.9 Å². The highest BCUT2D eigenvalue weighted by molar-refractivity contribution is 7.89. The fourth-order valence-corrected chi connectivity index (χ4v) is 3.67. The smallest absolute Gasteiger partial charge is 0.246 e. The van der Waals surface area contributed by atoms with Crippen LogP contribution in [0, 0.1) is 13.8 Å². The van der Waals surface area contributed by atoms with Gasteiger partial charge in [0, 0.05) is 19.0 Å². The number of H-pyrrole nitrogens is 1. The maximum absolute atomic E-state index is 12.4. The first-order valence-corrected chi connectivity index (χ1v) is 7.50. The highest BCUT2D eigenvalue weighted by Gasteiger charge is 2.28. The van der Waals surface area contributed by atoms with Crippen LogP contribution in [0.3, 0.4) is 0 Å². The zero-order valence-electron chi connectivity index (χ0n) is 10.3. The standard InChI is InChI=1S/C10H18ClN3O2S/c1-4-14(7-5-6-11)17(15,16)10-8(2)12-13-9(10)3/h4-7H2,1-3H3,(H,12,13). The van der Waals surface area contributed by atoms with Gasteiger partial charge in [-0.1, -0.05) is 6.92 Å². The van der Waals surface area contributed by atoms with Crippen molar-refractivity contribution in [2.75, 3.05) is 19.0 Å². The summed E-state index contributed by atoms with van der Waals surface area (Å²) in [7, 11) is -3.46. The second-order valence-electron chi connectivity index (χ2n) is 3.80. The zero-order valence-corrected chi connectivity index (χ0v) is 11.9. The summed E-state index contributed by atoms with van der Waals surface area (Å²) >= 11 is 5.60. The molecule has 1 aromatic heterocycles. The molecule has 0 aliphatic carbocycles. The summed E-state index contributed by atoms with van der Waals surface area (Å²) in [5.74, 6) is 0.454. The van der Waals surface area contributed by atoms with E-state index in [1.54, 1.807) is 13.8 Å². The lowest BCUT2D eigenvalue weighted by atomic mass is 10.4. The van der Waals surface area contributed by atoms with Crippen LogP contribution in [0.2, 0.25) is 0 Å². The summed E-state index contributed by atoms with van der Waals surface area (Å²) in [6.45, 7) is 6.08. The van der Waals surface area contributed by atoms with Crippen LogP contribution in [-0.2, 0) is 10.0 Å². The number of hydrogen-bond donors (Lipinski definition) is 1.